The topological polar surface area (TPSA) is 77.2 Å². The Bertz CT molecular complexity index is 1220. The van der Waals surface area contributed by atoms with Gasteiger partial charge in [0.15, 0.2) is 0 Å². The molecule has 32 heavy (non-hydrogen) atoms. The summed E-state index contributed by atoms with van der Waals surface area (Å²) in [5, 5.41) is 12.2. The van der Waals surface area contributed by atoms with Crippen molar-refractivity contribution in [3.63, 3.8) is 0 Å². The van der Waals surface area contributed by atoms with E-state index in [-0.39, 0.29) is 12.5 Å². The van der Waals surface area contributed by atoms with Crippen LogP contribution < -0.4 is 10.1 Å². The van der Waals surface area contributed by atoms with Gasteiger partial charge in [0.1, 0.15) is 18.1 Å². The van der Waals surface area contributed by atoms with Crippen molar-refractivity contribution in [2.45, 2.75) is 46.6 Å². The Hall–Kier alpha value is -3.19. The number of nitrogens with zero attached hydrogens (tertiary/aromatic N) is 2. The van der Waals surface area contributed by atoms with E-state index in [9.17, 15) is 4.79 Å². The van der Waals surface area contributed by atoms with Crippen molar-refractivity contribution in [3.8, 4) is 5.75 Å². The van der Waals surface area contributed by atoms with Crippen LogP contribution in [0, 0.1) is 13.8 Å². The van der Waals surface area contributed by atoms with Crippen LogP contribution in [0.2, 0.25) is 0 Å². The zero-order valence-electron chi connectivity index (χ0n) is 18.8. The fourth-order valence-corrected chi connectivity index (χ4v) is 4.35. The van der Waals surface area contributed by atoms with Gasteiger partial charge in [0.05, 0.1) is 27.5 Å². The summed E-state index contributed by atoms with van der Waals surface area (Å²) in [5.41, 5.74) is 3.20. The number of amides is 1. The molecule has 0 bridgehead atoms. The third-order valence-corrected chi connectivity index (χ3v) is 6.57. The van der Waals surface area contributed by atoms with E-state index in [0.29, 0.717) is 30.2 Å². The Balaban J connectivity index is 1.51. The molecule has 0 saturated heterocycles. The minimum atomic E-state index is -0.163. The number of nitrogens with one attached hydrogen (secondary N) is 1. The number of carbonyl (C=O) groups is 1. The van der Waals surface area contributed by atoms with Gasteiger partial charge in [0, 0.05) is 24.3 Å². The number of fused-ring (bicyclic) bond motifs is 1. The molecular formula is C25H27N3O3S. The average Bonchev–Trinajstić information content (AvgIpc) is 3.38. The molecule has 6 nitrogen and oxygen atoms in total. The lowest BCUT2D eigenvalue weighted by molar-refractivity contribution is 0.0949. The first kappa shape index (κ1) is 22.0. The molecule has 2 aromatic heterocycles. The highest BCUT2D eigenvalue weighted by Gasteiger charge is 2.17. The number of benzene rings is 2. The number of ether oxygens (including phenoxy) is 1. The van der Waals surface area contributed by atoms with Gasteiger partial charge in [0.25, 0.3) is 5.91 Å². The Morgan fingerprint density at radius 1 is 1.19 bits per heavy atom. The smallest absolute Gasteiger partial charge is 0.255 e. The second-order valence-corrected chi connectivity index (χ2v) is 9.01. The largest absolute Gasteiger partial charge is 0.488 e. The third-order valence-electron chi connectivity index (χ3n) is 5.38. The van der Waals surface area contributed by atoms with Gasteiger partial charge < -0.3 is 14.6 Å². The number of thiazole rings is 1. The highest BCUT2D eigenvalue weighted by molar-refractivity contribution is 7.09. The molecule has 0 aliphatic carbocycles. The Labute approximate surface area is 191 Å². The van der Waals surface area contributed by atoms with E-state index in [2.05, 4.69) is 34.7 Å². The molecule has 4 rings (SSSR count). The summed E-state index contributed by atoms with van der Waals surface area (Å²) in [6.07, 6.45) is 0.692. The average molecular weight is 450 g/mol. The van der Waals surface area contributed by atoms with E-state index in [1.165, 1.54) is 0 Å². The molecule has 0 fully saturated rings. The van der Waals surface area contributed by atoms with Crippen molar-refractivity contribution in [1.82, 2.24) is 15.5 Å². The second-order valence-electron chi connectivity index (χ2n) is 8.12. The fraction of sp³-hybridized carbons (Fsp3) is 0.320. The van der Waals surface area contributed by atoms with Crippen molar-refractivity contribution in [1.29, 1.82) is 0 Å². The molecule has 1 N–H and O–H groups in total. The van der Waals surface area contributed by atoms with Crippen LogP contribution in [0.1, 0.15) is 57.8 Å². The standard InChI is InChI=1S/C25H27N3O3S/c1-15(2)25-27-20(14-32-25)9-10-26-24(29)21-11-18-7-5-6-8-19(18)12-23(21)30-13-22-16(3)28-31-17(22)4/h5-8,11-12,14-15H,9-10,13H2,1-4H3,(H,26,29). The summed E-state index contributed by atoms with van der Waals surface area (Å²) < 4.78 is 11.3. The van der Waals surface area contributed by atoms with Gasteiger partial charge in [0.2, 0.25) is 0 Å². The highest BCUT2D eigenvalue weighted by Crippen LogP contribution is 2.28. The van der Waals surface area contributed by atoms with Crippen LogP contribution in [-0.4, -0.2) is 22.6 Å². The number of aryl methyl sites for hydroxylation is 2. The minimum Gasteiger partial charge on any atom is -0.488 e. The number of carbonyl (C=O) groups excluding carboxylic acids is 1. The molecule has 166 valence electrons. The molecule has 0 atom stereocenters. The SMILES string of the molecule is Cc1noc(C)c1COc1cc2ccccc2cc1C(=O)NCCc1csc(C(C)C)n1. The molecule has 0 spiro atoms. The van der Waals surface area contributed by atoms with E-state index in [4.69, 9.17) is 9.26 Å². The summed E-state index contributed by atoms with van der Waals surface area (Å²) in [6.45, 7) is 8.80. The maximum atomic E-state index is 13.1. The van der Waals surface area contributed by atoms with Crippen LogP contribution in [0.5, 0.6) is 5.75 Å². The molecular weight excluding hydrogens is 422 g/mol. The Morgan fingerprint density at radius 3 is 2.59 bits per heavy atom. The number of aromatic nitrogens is 2. The normalized spacial score (nSPS) is 11.3. The predicted molar refractivity (Wildman–Crippen MR) is 126 cm³/mol. The van der Waals surface area contributed by atoms with Crippen molar-refractivity contribution in [3.05, 3.63) is 75.1 Å². The first-order chi connectivity index (χ1) is 15.4. The van der Waals surface area contributed by atoms with Gasteiger partial charge in [-0.1, -0.05) is 43.3 Å². The van der Waals surface area contributed by atoms with Crippen LogP contribution in [0.4, 0.5) is 0 Å². The lowest BCUT2D eigenvalue weighted by Gasteiger charge is -2.13. The number of hydrogen-bond donors (Lipinski definition) is 1. The Kier molecular flexibility index (Phi) is 6.55. The van der Waals surface area contributed by atoms with Crippen LogP contribution in [0.3, 0.4) is 0 Å². The third kappa shape index (κ3) is 4.83. The first-order valence-electron chi connectivity index (χ1n) is 10.7. The maximum absolute atomic E-state index is 13.1. The summed E-state index contributed by atoms with van der Waals surface area (Å²) in [7, 11) is 0. The zero-order valence-corrected chi connectivity index (χ0v) is 19.6. The molecule has 2 heterocycles. The van der Waals surface area contributed by atoms with Crippen LogP contribution in [0.25, 0.3) is 10.8 Å². The van der Waals surface area contributed by atoms with Crippen LogP contribution in [0.15, 0.2) is 46.3 Å². The molecule has 7 heteroatoms. The quantitative estimate of drug-likeness (QED) is 0.380. The summed E-state index contributed by atoms with van der Waals surface area (Å²) in [6, 6.07) is 11.7. The van der Waals surface area contributed by atoms with Crippen LogP contribution in [-0.2, 0) is 13.0 Å². The number of rotatable bonds is 8. The number of hydrogen-bond acceptors (Lipinski definition) is 6. The van der Waals surface area contributed by atoms with Crippen molar-refractivity contribution < 1.29 is 14.1 Å². The van der Waals surface area contributed by atoms with E-state index < -0.39 is 0 Å². The zero-order chi connectivity index (χ0) is 22.7. The summed E-state index contributed by atoms with van der Waals surface area (Å²) >= 11 is 1.67. The molecule has 0 radical (unpaired) electrons. The van der Waals surface area contributed by atoms with Gasteiger partial charge in [-0.2, -0.15) is 0 Å². The van der Waals surface area contributed by atoms with Gasteiger partial charge in [-0.15, -0.1) is 11.3 Å². The summed E-state index contributed by atoms with van der Waals surface area (Å²) in [4.78, 5) is 17.7. The monoisotopic (exact) mass is 449 g/mol. The van der Waals surface area contributed by atoms with E-state index in [0.717, 1.165) is 38.5 Å². The lowest BCUT2D eigenvalue weighted by atomic mass is 10.1. The first-order valence-corrected chi connectivity index (χ1v) is 11.6. The predicted octanol–water partition coefficient (Wildman–Crippen LogP) is 5.58. The summed E-state index contributed by atoms with van der Waals surface area (Å²) in [5.74, 6) is 1.51. The van der Waals surface area contributed by atoms with Crippen molar-refractivity contribution in [2.24, 2.45) is 0 Å². The van der Waals surface area contributed by atoms with E-state index in [1.54, 1.807) is 11.3 Å². The fourth-order valence-electron chi connectivity index (χ4n) is 3.48. The molecule has 0 aliphatic heterocycles. The van der Waals surface area contributed by atoms with Gasteiger partial charge in [-0.05, 0) is 36.8 Å². The second kappa shape index (κ2) is 9.53. The van der Waals surface area contributed by atoms with Gasteiger partial charge >= 0.3 is 0 Å². The molecule has 4 aromatic rings. The lowest BCUT2D eigenvalue weighted by Crippen LogP contribution is -2.26. The van der Waals surface area contributed by atoms with Gasteiger partial charge in [-0.25, -0.2) is 4.98 Å². The van der Waals surface area contributed by atoms with Gasteiger partial charge in [-0.3, -0.25) is 4.79 Å². The maximum Gasteiger partial charge on any atom is 0.255 e. The molecule has 0 aliphatic rings. The molecule has 0 saturated carbocycles. The molecule has 2 aromatic carbocycles. The molecule has 0 unspecified atom stereocenters. The van der Waals surface area contributed by atoms with E-state index >= 15 is 0 Å². The van der Waals surface area contributed by atoms with E-state index in [1.807, 2.05) is 50.2 Å². The Morgan fingerprint density at radius 2 is 1.94 bits per heavy atom. The van der Waals surface area contributed by atoms with Crippen molar-refractivity contribution in [2.75, 3.05) is 6.54 Å². The van der Waals surface area contributed by atoms with Crippen molar-refractivity contribution >= 4 is 28.0 Å². The highest BCUT2D eigenvalue weighted by atomic mass is 32.1. The molecule has 1 amide bonds. The van der Waals surface area contributed by atoms with Crippen LogP contribution >= 0.6 is 11.3 Å². The minimum absolute atomic E-state index is 0.163.